The Bertz CT molecular complexity index is 519. The quantitative estimate of drug-likeness (QED) is 0.875. The van der Waals surface area contributed by atoms with E-state index in [1.165, 1.54) is 32.1 Å². The minimum atomic E-state index is -3.20. The fraction of sp³-hybridized carbons (Fsp3) is 0.600. The second-order valence-corrected chi connectivity index (χ2v) is 7.53. The number of sulfonamides is 1. The fourth-order valence-electron chi connectivity index (χ4n) is 2.86. The highest BCUT2D eigenvalue weighted by Crippen LogP contribution is 2.28. The lowest BCUT2D eigenvalue weighted by molar-refractivity contribution is 0.328. The van der Waals surface area contributed by atoms with Crippen molar-refractivity contribution in [1.82, 2.24) is 0 Å². The molecule has 2 rings (SSSR count). The third kappa shape index (κ3) is 4.71. The molecule has 0 amide bonds. The van der Waals surface area contributed by atoms with Crippen molar-refractivity contribution in [3.8, 4) is 0 Å². The summed E-state index contributed by atoms with van der Waals surface area (Å²) in [5.41, 5.74) is 1.64. The summed E-state index contributed by atoms with van der Waals surface area (Å²) < 4.78 is 24.8. The lowest BCUT2D eigenvalue weighted by atomic mass is 9.84. The first kappa shape index (κ1) is 15.2. The van der Waals surface area contributed by atoms with Crippen LogP contribution < -0.4 is 10.0 Å². The van der Waals surface area contributed by atoms with E-state index in [9.17, 15) is 8.42 Å². The van der Waals surface area contributed by atoms with Gasteiger partial charge in [0.15, 0.2) is 0 Å². The van der Waals surface area contributed by atoms with E-state index in [0.29, 0.717) is 11.7 Å². The summed E-state index contributed by atoms with van der Waals surface area (Å²) >= 11 is 0. The van der Waals surface area contributed by atoms with Gasteiger partial charge in [-0.2, -0.15) is 0 Å². The van der Waals surface area contributed by atoms with E-state index in [2.05, 4.69) is 17.0 Å². The van der Waals surface area contributed by atoms with Gasteiger partial charge >= 0.3 is 0 Å². The van der Waals surface area contributed by atoms with Crippen LogP contribution in [-0.2, 0) is 10.0 Å². The number of anilines is 2. The second-order valence-electron chi connectivity index (χ2n) is 5.78. The van der Waals surface area contributed by atoms with E-state index in [-0.39, 0.29) is 0 Å². The van der Waals surface area contributed by atoms with Crippen LogP contribution in [0.25, 0.3) is 0 Å². The predicted molar refractivity (Wildman–Crippen MR) is 84.6 cm³/mol. The first-order valence-corrected chi connectivity index (χ1v) is 9.17. The van der Waals surface area contributed by atoms with Crippen LogP contribution in [0.2, 0.25) is 0 Å². The van der Waals surface area contributed by atoms with Gasteiger partial charge in [0.05, 0.1) is 6.26 Å². The average molecular weight is 296 g/mol. The molecule has 0 saturated heterocycles. The third-order valence-corrected chi connectivity index (χ3v) is 4.55. The van der Waals surface area contributed by atoms with Crippen LogP contribution in [0.5, 0.6) is 0 Å². The van der Waals surface area contributed by atoms with E-state index >= 15 is 0 Å². The molecule has 1 aliphatic rings. The van der Waals surface area contributed by atoms with Crippen LogP contribution in [-0.4, -0.2) is 20.7 Å². The highest BCUT2D eigenvalue weighted by molar-refractivity contribution is 7.92. The van der Waals surface area contributed by atoms with Crippen LogP contribution in [0.1, 0.15) is 39.0 Å². The summed E-state index contributed by atoms with van der Waals surface area (Å²) in [7, 11) is -3.20. The molecule has 1 aromatic rings. The molecule has 1 atom stereocenters. The monoisotopic (exact) mass is 296 g/mol. The van der Waals surface area contributed by atoms with E-state index < -0.39 is 10.0 Å². The van der Waals surface area contributed by atoms with Gasteiger partial charge in [-0.3, -0.25) is 4.72 Å². The molecular formula is C15H24N2O2S. The topological polar surface area (TPSA) is 58.2 Å². The Morgan fingerprint density at radius 2 is 1.60 bits per heavy atom. The molecule has 5 heteroatoms. The maximum atomic E-state index is 11.1. The number of rotatable bonds is 5. The smallest absolute Gasteiger partial charge is 0.229 e. The normalized spacial score (nSPS) is 18.5. The first-order valence-electron chi connectivity index (χ1n) is 7.28. The molecule has 1 aliphatic carbocycles. The fourth-order valence-corrected chi connectivity index (χ4v) is 3.43. The Kier molecular flexibility index (Phi) is 4.91. The zero-order valence-electron chi connectivity index (χ0n) is 12.2. The van der Waals surface area contributed by atoms with Crippen LogP contribution >= 0.6 is 0 Å². The van der Waals surface area contributed by atoms with Crippen LogP contribution in [0, 0.1) is 5.92 Å². The molecule has 4 nitrogen and oxygen atoms in total. The van der Waals surface area contributed by atoms with Crippen molar-refractivity contribution in [2.45, 2.75) is 45.1 Å². The minimum absolute atomic E-state index is 0.462. The highest BCUT2D eigenvalue weighted by atomic mass is 32.2. The third-order valence-electron chi connectivity index (χ3n) is 3.94. The molecule has 112 valence electrons. The molecule has 0 spiro atoms. The van der Waals surface area contributed by atoms with E-state index in [1.54, 1.807) is 12.1 Å². The van der Waals surface area contributed by atoms with E-state index in [4.69, 9.17) is 0 Å². The van der Waals surface area contributed by atoms with Crippen LogP contribution in [0.15, 0.2) is 24.3 Å². The Morgan fingerprint density at radius 3 is 2.15 bits per heavy atom. The highest BCUT2D eigenvalue weighted by Gasteiger charge is 2.19. The van der Waals surface area contributed by atoms with Crippen molar-refractivity contribution < 1.29 is 8.42 Å². The zero-order chi connectivity index (χ0) is 14.6. The molecule has 1 saturated carbocycles. The van der Waals surface area contributed by atoms with Crippen molar-refractivity contribution in [3.63, 3.8) is 0 Å². The molecule has 0 bridgehead atoms. The van der Waals surface area contributed by atoms with Gasteiger partial charge in [-0.05, 0) is 49.9 Å². The molecule has 0 heterocycles. The molecular weight excluding hydrogens is 272 g/mol. The van der Waals surface area contributed by atoms with Crippen molar-refractivity contribution in [2.75, 3.05) is 16.3 Å². The van der Waals surface area contributed by atoms with Gasteiger partial charge in [0.25, 0.3) is 0 Å². The molecule has 20 heavy (non-hydrogen) atoms. The van der Waals surface area contributed by atoms with Crippen molar-refractivity contribution in [3.05, 3.63) is 24.3 Å². The Labute approximate surface area is 122 Å². The molecule has 0 aliphatic heterocycles. The Hall–Kier alpha value is -1.23. The SMILES string of the molecule is C[C@H](Nc1ccc(NS(C)(=O)=O)cc1)C1CCCCC1. The summed E-state index contributed by atoms with van der Waals surface area (Å²) in [6.45, 7) is 2.23. The molecule has 0 aromatic heterocycles. The first-order chi connectivity index (χ1) is 9.44. The van der Waals surface area contributed by atoms with Gasteiger partial charge in [0.1, 0.15) is 0 Å². The standard InChI is InChI=1S/C15H24N2O2S/c1-12(13-6-4-3-5-7-13)16-14-8-10-15(11-9-14)17-20(2,18)19/h8-13,16-17H,3-7H2,1-2H3/t12-/m0/s1. The van der Waals surface area contributed by atoms with Gasteiger partial charge in [-0.1, -0.05) is 19.3 Å². The van der Waals surface area contributed by atoms with Gasteiger partial charge in [-0.15, -0.1) is 0 Å². The van der Waals surface area contributed by atoms with Crippen LogP contribution in [0.3, 0.4) is 0 Å². The van der Waals surface area contributed by atoms with Gasteiger partial charge < -0.3 is 5.32 Å². The maximum Gasteiger partial charge on any atom is 0.229 e. The van der Waals surface area contributed by atoms with Crippen molar-refractivity contribution >= 4 is 21.4 Å². The van der Waals surface area contributed by atoms with E-state index in [0.717, 1.165) is 17.9 Å². The molecule has 1 fully saturated rings. The lowest BCUT2D eigenvalue weighted by Gasteiger charge is -2.29. The molecule has 1 aromatic carbocycles. The summed E-state index contributed by atoms with van der Waals surface area (Å²) in [6.07, 6.45) is 7.82. The zero-order valence-corrected chi connectivity index (χ0v) is 13.0. The lowest BCUT2D eigenvalue weighted by Crippen LogP contribution is -2.27. The maximum absolute atomic E-state index is 11.1. The number of nitrogens with one attached hydrogen (secondary N) is 2. The van der Waals surface area contributed by atoms with Crippen molar-refractivity contribution in [1.29, 1.82) is 0 Å². The number of benzene rings is 1. The summed E-state index contributed by atoms with van der Waals surface area (Å²) in [4.78, 5) is 0. The Balaban J connectivity index is 1.92. The average Bonchev–Trinajstić information content (AvgIpc) is 2.40. The number of hydrogen-bond acceptors (Lipinski definition) is 3. The molecule has 2 N–H and O–H groups in total. The summed E-state index contributed by atoms with van der Waals surface area (Å²) in [6, 6.07) is 7.89. The minimum Gasteiger partial charge on any atom is -0.382 e. The molecule has 0 unspecified atom stereocenters. The largest absolute Gasteiger partial charge is 0.382 e. The van der Waals surface area contributed by atoms with Gasteiger partial charge in [0.2, 0.25) is 10.0 Å². The van der Waals surface area contributed by atoms with Crippen LogP contribution in [0.4, 0.5) is 11.4 Å². The van der Waals surface area contributed by atoms with Gasteiger partial charge in [0, 0.05) is 17.4 Å². The van der Waals surface area contributed by atoms with E-state index in [1.807, 2.05) is 12.1 Å². The molecule has 0 radical (unpaired) electrons. The predicted octanol–water partition coefficient (Wildman–Crippen LogP) is 3.44. The Morgan fingerprint density at radius 1 is 1.05 bits per heavy atom. The second kappa shape index (κ2) is 6.48. The summed E-state index contributed by atoms with van der Waals surface area (Å²) in [5.74, 6) is 0.748. The number of hydrogen-bond donors (Lipinski definition) is 2. The van der Waals surface area contributed by atoms with Gasteiger partial charge in [-0.25, -0.2) is 8.42 Å². The summed E-state index contributed by atoms with van der Waals surface area (Å²) in [5, 5.41) is 3.52. The van der Waals surface area contributed by atoms with Crippen molar-refractivity contribution in [2.24, 2.45) is 5.92 Å².